The van der Waals surface area contributed by atoms with Crippen LogP contribution in [0.5, 0.6) is 0 Å². The lowest BCUT2D eigenvalue weighted by molar-refractivity contribution is 0.0196. The van der Waals surface area contributed by atoms with Gasteiger partial charge < -0.3 is 15.0 Å². The third kappa shape index (κ3) is 4.44. The lowest BCUT2D eigenvalue weighted by Gasteiger charge is -2.43. The van der Waals surface area contributed by atoms with E-state index in [0.29, 0.717) is 5.41 Å². The average molecular weight is 268 g/mol. The van der Waals surface area contributed by atoms with Gasteiger partial charge in [0.15, 0.2) is 0 Å². The van der Waals surface area contributed by atoms with Gasteiger partial charge in [-0.15, -0.1) is 0 Å². The molecular weight excluding hydrogens is 236 g/mol. The quantitative estimate of drug-likeness (QED) is 0.801. The molecule has 0 amide bonds. The summed E-state index contributed by atoms with van der Waals surface area (Å²) in [6.07, 6.45) is 9.54. The van der Waals surface area contributed by atoms with Crippen molar-refractivity contribution in [1.29, 1.82) is 0 Å². The summed E-state index contributed by atoms with van der Waals surface area (Å²) in [5.74, 6) is 0. The lowest BCUT2D eigenvalue weighted by Crippen LogP contribution is -2.48. The van der Waals surface area contributed by atoms with Gasteiger partial charge in [0.2, 0.25) is 0 Å². The molecule has 3 nitrogen and oxygen atoms in total. The zero-order chi connectivity index (χ0) is 13.6. The van der Waals surface area contributed by atoms with Crippen LogP contribution in [0.3, 0.4) is 0 Å². The van der Waals surface area contributed by atoms with Crippen molar-refractivity contribution >= 4 is 0 Å². The zero-order valence-corrected chi connectivity index (χ0v) is 12.9. The molecule has 0 aromatic rings. The highest BCUT2D eigenvalue weighted by atomic mass is 16.5. The minimum Gasteiger partial charge on any atom is -0.381 e. The molecule has 1 saturated carbocycles. The summed E-state index contributed by atoms with van der Waals surface area (Å²) >= 11 is 0. The second-order valence-electron chi connectivity index (χ2n) is 6.60. The summed E-state index contributed by atoms with van der Waals surface area (Å²) in [5, 5.41) is 3.62. The first-order chi connectivity index (χ1) is 9.26. The zero-order valence-electron chi connectivity index (χ0n) is 12.9. The van der Waals surface area contributed by atoms with Gasteiger partial charge in [0.1, 0.15) is 0 Å². The van der Waals surface area contributed by atoms with E-state index in [1.165, 1.54) is 58.0 Å². The Morgan fingerprint density at radius 2 is 1.84 bits per heavy atom. The fourth-order valence-corrected chi connectivity index (χ4v) is 3.87. The van der Waals surface area contributed by atoms with E-state index in [9.17, 15) is 0 Å². The van der Waals surface area contributed by atoms with Crippen molar-refractivity contribution in [2.24, 2.45) is 5.41 Å². The molecule has 0 spiro atoms. The SMILES string of the molecule is CCNCC1(CN(C)C2CCOCC2)CCCCC1. The highest BCUT2D eigenvalue weighted by Crippen LogP contribution is 2.37. The first-order valence-corrected chi connectivity index (χ1v) is 8.24. The van der Waals surface area contributed by atoms with Crippen LogP contribution in [0.25, 0.3) is 0 Å². The summed E-state index contributed by atoms with van der Waals surface area (Å²) < 4.78 is 5.49. The van der Waals surface area contributed by atoms with Crippen molar-refractivity contribution in [2.45, 2.75) is 57.9 Å². The Balaban J connectivity index is 1.90. The van der Waals surface area contributed by atoms with Crippen molar-refractivity contribution in [3.05, 3.63) is 0 Å². The number of hydrogen-bond donors (Lipinski definition) is 1. The molecular formula is C16H32N2O. The molecule has 0 aromatic heterocycles. The third-order valence-corrected chi connectivity index (χ3v) is 5.06. The monoisotopic (exact) mass is 268 g/mol. The molecule has 0 bridgehead atoms. The Labute approximate surface area is 119 Å². The van der Waals surface area contributed by atoms with Crippen molar-refractivity contribution in [3.63, 3.8) is 0 Å². The van der Waals surface area contributed by atoms with E-state index >= 15 is 0 Å². The fourth-order valence-electron chi connectivity index (χ4n) is 3.87. The summed E-state index contributed by atoms with van der Waals surface area (Å²) in [6.45, 7) is 7.70. The van der Waals surface area contributed by atoms with E-state index in [1.54, 1.807) is 0 Å². The molecule has 1 heterocycles. The molecule has 2 aliphatic rings. The van der Waals surface area contributed by atoms with Crippen molar-refractivity contribution < 1.29 is 4.74 Å². The maximum absolute atomic E-state index is 5.49. The maximum atomic E-state index is 5.49. The van der Waals surface area contributed by atoms with E-state index in [1.807, 2.05) is 0 Å². The summed E-state index contributed by atoms with van der Waals surface area (Å²) in [5.41, 5.74) is 0.529. The normalized spacial score (nSPS) is 24.8. The van der Waals surface area contributed by atoms with Crippen molar-refractivity contribution in [2.75, 3.05) is 39.9 Å². The number of hydrogen-bond acceptors (Lipinski definition) is 3. The van der Waals surface area contributed by atoms with Crippen LogP contribution in [-0.2, 0) is 4.74 Å². The largest absolute Gasteiger partial charge is 0.381 e. The summed E-state index contributed by atoms with van der Waals surface area (Å²) in [7, 11) is 2.33. The van der Waals surface area contributed by atoms with Gasteiger partial charge in [-0.1, -0.05) is 26.2 Å². The smallest absolute Gasteiger partial charge is 0.0480 e. The first-order valence-electron chi connectivity index (χ1n) is 8.24. The average Bonchev–Trinajstić information content (AvgIpc) is 2.47. The molecule has 1 aliphatic heterocycles. The lowest BCUT2D eigenvalue weighted by atomic mass is 9.73. The van der Waals surface area contributed by atoms with Gasteiger partial charge in [0.05, 0.1) is 0 Å². The molecule has 1 aliphatic carbocycles. The second-order valence-corrected chi connectivity index (χ2v) is 6.60. The molecule has 0 unspecified atom stereocenters. The summed E-state index contributed by atoms with van der Waals surface area (Å²) in [4.78, 5) is 2.63. The molecule has 2 fully saturated rings. The van der Waals surface area contributed by atoms with Crippen LogP contribution >= 0.6 is 0 Å². The number of nitrogens with one attached hydrogen (secondary N) is 1. The number of nitrogens with zero attached hydrogens (tertiary/aromatic N) is 1. The van der Waals surface area contributed by atoms with Gasteiger partial charge in [-0.2, -0.15) is 0 Å². The summed E-state index contributed by atoms with van der Waals surface area (Å²) in [6, 6.07) is 0.745. The molecule has 19 heavy (non-hydrogen) atoms. The fraction of sp³-hybridized carbons (Fsp3) is 1.00. The first kappa shape index (κ1) is 15.3. The standard InChI is InChI=1S/C16H32N2O/c1-3-17-13-16(9-5-4-6-10-16)14-18(2)15-7-11-19-12-8-15/h15,17H,3-14H2,1-2H3. The van der Waals surface area contributed by atoms with E-state index < -0.39 is 0 Å². The van der Waals surface area contributed by atoms with Gasteiger partial charge in [-0.3, -0.25) is 0 Å². The maximum Gasteiger partial charge on any atom is 0.0480 e. The molecule has 0 aromatic carbocycles. The van der Waals surface area contributed by atoms with Gasteiger partial charge in [0.25, 0.3) is 0 Å². The molecule has 1 N–H and O–H groups in total. The van der Waals surface area contributed by atoms with Gasteiger partial charge >= 0.3 is 0 Å². The van der Waals surface area contributed by atoms with Crippen LogP contribution in [0.1, 0.15) is 51.9 Å². The number of rotatable bonds is 6. The van der Waals surface area contributed by atoms with E-state index in [4.69, 9.17) is 4.74 Å². The van der Waals surface area contributed by atoms with Crippen LogP contribution in [0.15, 0.2) is 0 Å². The van der Waals surface area contributed by atoms with Gasteiger partial charge in [-0.05, 0) is 44.7 Å². The predicted molar refractivity (Wildman–Crippen MR) is 80.5 cm³/mol. The van der Waals surface area contributed by atoms with Crippen molar-refractivity contribution in [1.82, 2.24) is 10.2 Å². The van der Waals surface area contributed by atoms with Gasteiger partial charge in [0, 0.05) is 32.3 Å². The molecule has 1 saturated heterocycles. The van der Waals surface area contributed by atoms with Crippen LogP contribution < -0.4 is 5.32 Å². The minimum absolute atomic E-state index is 0.529. The van der Waals surface area contributed by atoms with Crippen LogP contribution in [0.2, 0.25) is 0 Å². The van der Waals surface area contributed by atoms with E-state index in [2.05, 4.69) is 24.2 Å². The second kappa shape index (κ2) is 7.61. The van der Waals surface area contributed by atoms with Crippen LogP contribution in [0, 0.1) is 5.41 Å². The molecule has 0 radical (unpaired) electrons. The highest BCUT2D eigenvalue weighted by molar-refractivity contribution is 4.89. The third-order valence-electron chi connectivity index (χ3n) is 5.06. The Morgan fingerprint density at radius 1 is 1.16 bits per heavy atom. The minimum atomic E-state index is 0.529. The van der Waals surface area contributed by atoms with Gasteiger partial charge in [-0.25, -0.2) is 0 Å². The Kier molecular flexibility index (Phi) is 6.11. The molecule has 3 heteroatoms. The number of ether oxygens (including phenoxy) is 1. The van der Waals surface area contributed by atoms with Crippen LogP contribution in [0.4, 0.5) is 0 Å². The molecule has 2 rings (SSSR count). The highest BCUT2D eigenvalue weighted by Gasteiger charge is 2.34. The van der Waals surface area contributed by atoms with Crippen LogP contribution in [-0.4, -0.2) is 50.8 Å². The van der Waals surface area contributed by atoms with Crippen molar-refractivity contribution in [3.8, 4) is 0 Å². The Bertz CT molecular complexity index is 245. The van der Waals surface area contributed by atoms with E-state index in [0.717, 1.165) is 25.8 Å². The Morgan fingerprint density at radius 3 is 2.47 bits per heavy atom. The topological polar surface area (TPSA) is 24.5 Å². The predicted octanol–water partition coefficient (Wildman–Crippen LogP) is 2.66. The Hall–Kier alpha value is -0.120. The molecule has 0 atom stereocenters. The molecule has 112 valence electrons. The van der Waals surface area contributed by atoms with E-state index in [-0.39, 0.29) is 0 Å².